The minimum Gasteiger partial charge on any atom is -0.325 e. The summed E-state index contributed by atoms with van der Waals surface area (Å²) in [6.07, 6.45) is 1.26. The summed E-state index contributed by atoms with van der Waals surface area (Å²) < 4.78 is 52.1. The number of aromatic nitrogens is 1. The number of nitrogens with one attached hydrogen (secondary N) is 2. The van der Waals surface area contributed by atoms with Gasteiger partial charge in [0.15, 0.2) is 0 Å². The number of benzene rings is 1. The van der Waals surface area contributed by atoms with E-state index in [1.165, 1.54) is 62.4 Å². The van der Waals surface area contributed by atoms with Crippen LogP contribution in [0.5, 0.6) is 0 Å². The molecule has 0 saturated heterocycles. The van der Waals surface area contributed by atoms with Crippen molar-refractivity contribution in [3.05, 3.63) is 42.6 Å². The van der Waals surface area contributed by atoms with Crippen LogP contribution in [0, 0.1) is 0 Å². The Labute approximate surface area is 187 Å². The molecule has 0 fully saturated rings. The van der Waals surface area contributed by atoms with E-state index in [0.717, 1.165) is 4.31 Å². The number of hydrogen-bond donors (Lipinski definition) is 2. The number of sulfonamides is 2. The van der Waals surface area contributed by atoms with Gasteiger partial charge in [0.2, 0.25) is 26.0 Å². The Bertz CT molecular complexity index is 1110. The number of carbonyl (C=O) groups is 1. The molecule has 1 amide bonds. The number of thioether (sulfide) groups is 1. The fraction of sp³-hybridized carbons (Fsp3) is 0.368. The average Bonchev–Trinajstić information content (AvgIpc) is 2.67. The predicted molar refractivity (Wildman–Crippen MR) is 121 cm³/mol. The van der Waals surface area contributed by atoms with Crippen molar-refractivity contribution < 1.29 is 21.6 Å². The van der Waals surface area contributed by atoms with E-state index < -0.39 is 25.3 Å². The molecular formula is C19H26N4O5S3. The van der Waals surface area contributed by atoms with Crippen molar-refractivity contribution in [2.75, 3.05) is 19.4 Å². The van der Waals surface area contributed by atoms with E-state index in [4.69, 9.17) is 0 Å². The number of amides is 1. The first-order valence-corrected chi connectivity index (χ1v) is 13.1. The molecule has 1 atom stereocenters. The third-order valence-corrected chi connectivity index (χ3v) is 8.50. The van der Waals surface area contributed by atoms with E-state index in [1.54, 1.807) is 26.8 Å². The molecule has 0 radical (unpaired) electrons. The molecule has 1 aromatic carbocycles. The number of nitrogens with zero attached hydrogens (tertiary/aromatic N) is 2. The van der Waals surface area contributed by atoms with Crippen LogP contribution in [0.3, 0.4) is 0 Å². The van der Waals surface area contributed by atoms with Gasteiger partial charge in [-0.2, -0.15) is 0 Å². The van der Waals surface area contributed by atoms with Crippen molar-refractivity contribution in [1.29, 1.82) is 0 Å². The van der Waals surface area contributed by atoms with Crippen LogP contribution in [0.4, 0.5) is 5.69 Å². The summed E-state index contributed by atoms with van der Waals surface area (Å²) in [4.78, 5) is 16.8. The minimum absolute atomic E-state index is 0.0703. The molecule has 31 heavy (non-hydrogen) atoms. The highest BCUT2D eigenvalue weighted by atomic mass is 32.2. The lowest BCUT2D eigenvalue weighted by Gasteiger charge is -2.14. The molecule has 2 N–H and O–H groups in total. The second-order valence-electron chi connectivity index (χ2n) is 7.17. The molecular weight excluding hydrogens is 460 g/mol. The zero-order chi connectivity index (χ0) is 23.4. The smallest absolute Gasteiger partial charge is 0.244 e. The third-order valence-electron chi connectivity index (χ3n) is 3.98. The lowest BCUT2D eigenvalue weighted by molar-refractivity contribution is -0.115. The number of anilines is 1. The normalized spacial score (nSPS) is 13.4. The van der Waals surface area contributed by atoms with Gasteiger partial charge in [-0.25, -0.2) is 30.8 Å². The number of rotatable bonds is 9. The van der Waals surface area contributed by atoms with E-state index in [-0.39, 0.29) is 21.7 Å². The molecule has 2 rings (SSSR count). The Morgan fingerprint density at radius 2 is 1.55 bits per heavy atom. The Kier molecular flexibility index (Phi) is 8.22. The van der Waals surface area contributed by atoms with E-state index >= 15 is 0 Å². The Balaban J connectivity index is 2.01. The van der Waals surface area contributed by atoms with Crippen molar-refractivity contribution in [1.82, 2.24) is 14.0 Å². The molecule has 2 aromatic rings. The lowest BCUT2D eigenvalue weighted by Crippen LogP contribution is -2.30. The zero-order valence-electron chi connectivity index (χ0n) is 17.9. The maximum atomic E-state index is 12.5. The van der Waals surface area contributed by atoms with Crippen LogP contribution in [0.2, 0.25) is 0 Å². The molecule has 0 bridgehead atoms. The molecule has 0 spiro atoms. The van der Waals surface area contributed by atoms with Gasteiger partial charge in [0.05, 0.1) is 15.2 Å². The van der Waals surface area contributed by atoms with E-state index in [2.05, 4.69) is 15.0 Å². The van der Waals surface area contributed by atoms with Gasteiger partial charge >= 0.3 is 0 Å². The van der Waals surface area contributed by atoms with Crippen LogP contribution < -0.4 is 10.0 Å². The first-order chi connectivity index (χ1) is 14.3. The van der Waals surface area contributed by atoms with Crippen LogP contribution in [0.25, 0.3) is 0 Å². The second-order valence-corrected chi connectivity index (χ2v) is 12.4. The Hall–Kier alpha value is -1.99. The van der Waals surface area contributed by atoms with Gasteiger partial charge in [-0.1, -0.05) is 11.8 Å². The van der Waals surface area contributed by atoms with Gasteiger partial charge < -0.3 is 5.32 Å². The van der Waals surface area contributed by atoms with Gasteiger partial charge in [-0.05, 0) is 57.2 Å². The first kappa shape index (κ1) is 25.3. The standard InChI is InChI=1S/C19H26N4O5S3/c1-13(2)22-30(25,26)16-8-6-15(7-9-16)21-19(24)14(3)29-18-11-10-17(12-20-18)31(27,28)23(4)5/h6-14,22H,1-5H3,(H,21,24). The van der Waals surface area contributed by atoms with Crippen molar-refractivity contribution in [2.45, 2.75) is 46.9 Å². The first-order valence-electron chi connectivity index (χ1n) is 9.31. The third kappa shape index (κ3) is 6.74. The summed E-state index contributed by atoms with van der Waals surface area (Å²) in [7, 11) is -4.29. The highest BCUT2D eigenvalue weighted by Crippen LogP contribution is 2.24. The topological polar surface area (TPSA) is 126 Å². The maximum Gasteiger partial charge on any atom is 0.244 e. The predicted octanol–water partition coefficient (Wildman–Crippen LogP) is 2.14. The molecule has 12 heteroatoms. The lowest BCUT2D eigenvalue weighted by atomic mass is 10.3. The molecule has 0 saturated carbocycles. The molecule has 170 valence electrons. The summed E-state index contributed by atoms with van der Waals surface area (Å²) >= 11 is 1.18. The molecule has 0 aliphatic carbocycles. The number of hydrogen-bond acceptors (Lipinski definition) is 7. The summed E-state index contributed by atoms with van der Waals surface area (Å²) in [5.74, 6) is -0.298. The largest absolute Gasteiger partial charge is 0.325 e. The van der Waals surface area contributed by atoms with Gasteiger partial charge in [0.25, 0.3) is 0 Å². The Morgan fingerprint density at radius 1 is 0.968 bits per heavy atom. The zero-order valence-corrected chi connectivity index (χ0v) is 20.3. The van der Waals surface area contributed by atoms with Crippen molar-refractivity contribution in [2.24, 2.45) is 0 Å². The van der Waals surface area contributed by atoms with Crippen molar-refractivity contribution in [3.63, 3.8) is 0 Å². The Morgan fingerprint density at radius 3 is 2.03 bits per heavy atom. The molecule has 1 heterocycles. The summed E-state index contributed by atoms with van der Waals surface area (Å²) in [6, 6.07) is 8.64. The SMILES string of the molecule is CC(C)NS(=O)(=O)c1ccc(NC(=O)C(C)Sc2ccc(S(=O)(=O)N(C)C)cn2)cc1. The summed E-state index contributed by atoms with van der Waals surface area (Å²) in [5, 5.41) is 2.71. The number of carbonyl (C=O) groups excluding carboxylic acids is 1. The maximum absolute atomic E-state index is 12.5. The van der Waals surface area contributed by atoms with Crippen LogP contribution in [0.1, 0.15) is 20.8 Å². The number of pyridine rings is 1. The van der Waals surface area contributed by atoms with Gasteiger partial charge in [-0.15, -0.1) is 0 Å². The minimum atomic E-state index is -3.60. The van der Waals surface area contributed by atoms with E-state index in [1.807, 2.05) is 0 Å². The van der Waals surface area contributed by atoms with Gasteiger partial charge in [0.1, 0.15) is 4.90 Å². The van der Waals surface area contributed by atoms with E-state index in [0.29, 0.717) is 10.7 Å². The van der Waals surface area contributed by atoms with Crippen molar-refractivity contribution >= 4 is 43.4 Å². The van der Waals surface area contributed by atoms with Crippen LogP contribution in [0.15, 0.2) is 57.4 Å². The summed E-state index contributed by atoms with van der Waals surface area (Å²) in [6.45, 7) is 5.15. The summed E-state index contributed by atoms with van der Waals surface area (Å²) in [5.41, 5.74) is 0.460. The highest BCUT2D eigenvalue weighted by Gasteiger charge is 2.20. The van der Waals surface area contributed by atoms with Gasteiger partial charge in [0, 0.05) is 32.0 Å². The molecule has 9 nitrogen and oxygen atoms in total. The van der Waals surface area contributed by atoms with Gasteiger partial charge in [-0.3, -0.25) is 4.79 Å². The average molecular weight is 487 g/mol. The highest BCUT2D eigenvalue weighted by molar-refractivity contribution is 8.00. The van der Waals surface area contributed by atoms with E-state index in [9.17, 15) is 21.6 Å². The van der Waals surface area contributed by atoms with Crippen molar-refractivity contribution in [3.8, 4) is 0 Å². The second kappa shape index (κ2) is 10.1. The molecule has 1 unspecified atom stereocenters. The van der Waals surface area contributed by atoms with Crippen LogP contribution >= 0.6 is 11.8 Å². The molecule has 1 aromatic heterocycles. The van der Waals surface area contributed by atoms with Crippen LogP contribution in [-0.4, -0.2) is 57.4 Å². The fourth-order valence-corrected chi connectivity index (χ4v) is 5.26. The fourth-order valence-electron chi connectivity index (χ4n) is 2.37. The molecule has 0 aliphatic heterocycles. The van der Waals surface area contributed by atoms with Crippen LogP contribution in [-0.2, 0) is 24.8 Å². The monoisotopic (exact) mass is 486 g/mol. The quantitative estimate of drug-likeness (QED) is 0.520. The molecule has 0 aliphatic rings.